The van der Waals surface area contributed by atoms with Crippen LogP contribution in [0.2, 0.25) is 0 Å². The van der Waals surface area contributed by atoms with Crippen molar-refractivity contribution in [2.75, 3.05) is 31.7 Å². The summed E-state index contributed by atoms with van der Waals surface area (Å²) in [5, 5.41) is 7.67. The first-order valence-electron chi connectivity index (χ1n) is 9.39. The van der Waals surface area contributed by atoms with E-state index >= 15 is 0 Å². The number of rotatable bonds is 5. The van der Waals surface area contributed by atoms with Gasteiger partial charge in [-0.1, -0.05) is 30.3 Å². The molecule has 1 saturated carbocycles. The minimum Gasteiger partial charge on any atom is -0.381 e. The van der Waals surface area contributed by atoms with Crippen molar-refractivity contribution in [1.29, 1.82) is 0 Å². The van der Waals surface area contributed by atoms with Gasteiger partial charge in [-0.2, -0.15) is 19.6 Å². The van der Waals surface area contributed by atoms with Gasteiger partial charge in [-0.3, -0.25) is 4.39 Å². The smallest absolute Gasteiger partial charge is 0.254 e. The van der Waals surface area contributed by atoms with E-state index in [0.717, 1.165) is 43.7 Å². The van der Waals surface area contributed by atoms with Crippen molar-refractivity contribution >= 4 is 11.6 Å². The number of alkyl halides is 1. The Kier molecular flexibility index (Phi) is 3.86. The second-order valence-electron chi connectivity index (χ2n) is 7.70. The maximum absolute atomic E-state index is 14.0. The maximum Gasteiger partial charge on any atom is 0.254 e. The Morgan fingerprint density at radius 3 is 2.78 bits per heavy atom. The largest absolute Gasteiger partial charge is 0.381 e. The minimum atomic E-state index is -0.307. The summed E-state index contributed by atoms with van der Waals surface area (Å²) in [5.41, 5.74) is 1.73. The van der Waals surface area contributed by atoms with Gasteiger partial charge >= 0.3 is 0 Å². The minimum absolute atomic E-state index is 0.0915. The summed E-state index contributed by atoms with van der Waals surface area (Å²) in [6, 6.07) is 12.0. The molecule has 1 spiro atoms. The summed E-state index contributed by atoms with van der Waals surface area (Å²) in [6.45, 7) is 1.75. The molecule has 5 rings (SSSR count). The van der Waals surface area contributed by atoms with E-state index in [0.29, 0.717) is 18.1 Å². The zero-order valence-electron chi connectivity index (χ0n) is 15.1. The molecular weight excluding hydrogens is 345 g/mol. The first kappa shape index (κ1) is 16.6. The molecule has 2 fully saturated rings. The number of benzene rings is 1. The first-order valence-corrected chi connectivity index (χ1v) is 9.39. The highest BCUT2D eigenvalue weighted by Crippen LogP contribution is 2.68. The van der Waals surface area contributed by atoms with E-state index in [4.69, 9.17) is 4.74 Å². The second-order valence-corrected chi connectivity index (χ2v) is 7.70. The average Bonchev–Trinajstić information content (AvgIpc) is 3.07. The summed E-state index contributed by atoms with van der Waals surface area (Å²) in [4.78, 5) is 8.79. The van der Waals surface area contributed by atoms with Crippen LogP contribution in [-0.2, 0) is 4.74 Å². The number of aromatic nitrogens is 4. The molecule has 0 amide bonds. The third-order valence-corrected chi connectivity index (χ3v) is 6.31. The lowest BCUT2D eigenvalue weighted by atomic mass is 9.86. The molecule has 1 aliphatic heterocycles. The molecule has 2 aromatic heterocycles. The van der Waals surface area contributed by atoms with E-state index in [1.807, 2.05) is 36.4 Å². The number of ether oxygens (including phenoxy) is 1. The SMILES string of the molecule is FCC1(CNc2cc(-c3ccccc3)n3ncnc3n2)CC12CCOCC2. The fraction of sp³-hybridized carbons (Fsp3) is 0.450. The van der Waals surface area contributed by atoms with Crippen molar-refractivity contribution in [2.45, 2.75) is 19.3 Å². The first-order chi connectivity index (χ1) is 13.3. The van der Waals surface area contributed by atoms with E-state index in [9.17, 15) is 4.39 Å². The zero-order valence-corrected chi connectivity index (χ0v) is 15.1. The molecule has 0 bridgehead atoms. The van der Waals surface area contributed by atoms with E-state index < -0.39 is 0 Å². The van der Waals surface area contributed by atoms with Crippen LogP contribution in [0.25, 0.3) is 17.0 Å². The number of nitrogens with one attached hydrogen (secondary N) is 1. The normalized spacial score (nSPS) is 23.6. The van der Waals surface area contributed by atoms with Crippen molar-refractivity contribution in [3.63, 3.8) is 0 Å². The van der Waals surface area contributed by atoms with Gasteiger partial charge in [0.05, 0.1) is 12.4 Å². The second kappa shape index (κ2) is 6.27. The van der Waals surface area contributed by atoms with Crippen molar-refractivity contribution in [3.05, 3.63) is 42.7 Å². The molecular formula is C20H22FN5O. The van der Waals surface area contributed by atoms with Crippen LogP contribution in [0, 0.1) is 10.8 Å². The van der Waals surface area contributed by atoms with Crippen molar-refractivity contribution in [2.24, 2.45) is 10.8 Å². The number of hydrogen-bond acceptors (Lipinski definition) is 5. The van der Waals surface area contributed by atoms with Gasteiger partial charge in [0.1, 0.15) is 12.1 Å². The fourth-order valence-electron chi connectivity index (χ4n) is 4.54. The molecule has 1 aromatic carbocycles. The van der Waals surface area contributed by atoms with Crippen molar-refractivity contribution in [1.82, 2.24) is 19.6 Å². The number of hydrogen-bond donors (Lipinski definition) is 1. The van der Waals surface area contributed by atoms with Crippen LogP contribution < -0.4 is 5.32 Å². The fourth-order valence-corrected chi connectivity index (χ4v) is 4.54. The number of halogens is 1. The number of fused-ring (bicyclic) bond motifs is 1. The average molecular weight is 367 g/mol. The van der Waals surface area contributed by atoms with Crippen LogP contribution in [0.4, 0.5) is 10.2 Å². The van der Waals surface area contributed by atoms with E-state index in [2.05, 4.69) is 20.4 Å². The molecule has 7 heteroatoms. The Hall–Kier alpha value is -2.54. The van der Waals surface area contributed by atoms with Gasteiger partial charge in [-0.15, -0.1) is 0 Å². The van der Waals surface area contributed by atoms with Crippen LogP contribution >= 0.6 is 0 Å². The summed E-state index contributed by atoms with van der Waals surface area (Å²) in [7, 11) is 0. The quantitative estimate of drug-likeness (QED) is 0.749. The van der Waals surface area contributed by atoms with Crippen LogP contribution in [0.1, 0.15) is 19.3 Å². The van der Waals surface area contributed by atoms with Gasteiger partial charge in [0.2, 0.25) is 0 Å². The number of nitrogens with zero attached hydrogens (tertiary/aromatic N) is 4. The Labute approximate surface area is 156 Å². The molecule has 140 valence electrons. The Morgan fingerprint density at radius 2 is 2.00 bits per heavy atom. The predicted octanol–water partition coefficient (Wildman–Crippen LogP) is 3.36. The highest BCUT2D eigenvalue weighted by atomic mass is 19.1. The van der Waals surface area contributed by atoms with Crippen LogP contribution in [0.3, 0.4) is 0 Å². The Morgan fingerprint density at radius 1 is 1.19 bits per heavy atom. The van der Waals surface area contributed by atoms with Gasteiger partial charge < -0.3 is 10.1 Å². The van der Waals surface area contributed by atoms with E-state index in [1.165, 1.54) is 6.33 Å². The van der Waals surface area contributed by atoms with Gasteiger partial charge in [-0.25, -0.2) is 0 Å². The monoisotopic (exact) mass is 367 g/mol. The topological polar surface area (TPSA) is 64.3 Å². The van der Waals surface area contributed by atoms with Crippen LogP contribution in [0.5, 0.6) is 0 Å². The standard InChI is InChI=1S/C20H22FN5O/c21-12-20(11-19(20)6-8-27-9-7-19)13-22-17-10-16(15-4-2-1-3-5-15)26-18(25-17)23-14-24-26/h1-5,10,14H,6-9,11-13H2,(H,22,23,24,25). The Balaban J connectivity index is 1.43. The summed E-state index contributed by atoms with van der Waals surface area (Å²) >= 11 is 0. The summed E-state index contributed by atoms with van der Waals surface area (Å²) in [5.74, 6) is 1.24. The van der Waals surface area contributed by atoms with Gasteiger partial charge in [0.25, 0.3) is 5.78 Å². The highest BCUT2D eigenvalue weighted by Gasteiger charge is 2.66. The molecule has 3 heterocycles. The lowest BCUT2D eigenvalue weighted by molar-refractivity contribution is 0.0391. The van der Waals surface area contributed by atoms with Crippen molar-refractivity contribution < 1.29 is 9.13 Å². The van der Waals surface area contributed by atoms with E-state index in [-0.39, 0.29) is 17.5 Å². The molecule has 1 unspecified atom stereocenters. The molecule has 6 nitrogen and oxygen atoms in total. The third-order valence-electron chi connectivity index (χ3n) is 6.31. The number of anilines is 1. The molecule has 1 N–H and O–H groups in total. The molecule has 3 aromatic rings. The molecule has 27 heavy (non-hydrogen) atoms. The highest BCUT2D eigenvalue weighted by molar-refractivity contribution is 5.65. The molecule has 1 saturated heterocycles. The molecule has 2 aliphatic rings. The summed E-state index contributed by atoms with van der Waals surface area (Å²) in [6.07, 6.45) is 4.32. The Bertz CT molecular complexity index is 953. The van der Waals surface area contributed by atoms with Crippen LogP contribution in [-0.4, -0.2) is 46.0 Å². The molecule has 0 radical (unpaired) electrons. The summed E-state index contributed by atoms with van der Waals surface area (Å²) < 4.78 is 21.2. The third kappa shape index (κ3) is 2.68. The molecule has 1 aliphatic carbocycles. The van der Waals surface area contributed by atoms with Crippen molar-refractivity contribution in [3.8, 4) is 11.3 Å². The molecule has 1 atom stereocenters. The lowest BCUT2D eigenvalue weighted by Gasteiger charge is -2.28. The van der Waals surface area contributed by atoms with Gasteiger partial charge in [0.15, 0.2) is 0 Å². The van der Waals surface area contributed by atoms with Gasteiger partial charge in [0, 0.05) is 36.8 Å². The zero-order chi connectivity index (χ0) is 18.3. The predicted molar refractivity (Wildman–Crippen MR) is 100 cm³/mol. The van der Waals surface area contributed by atoms with E-state index in [1.54, 1.807) is 4.52 Å². The maximum atomic E-state index is 14.0. The van der Waals surface area contributed by atoms with Gasteiger partial charge in [-0.05, 0) is 24.7 Å². The lowest BCUT2D eigenvalue weighted by Crippen LogP contribution is -2.30. The van der Waals surface area contributed by atoms with Crippen LogP contribution in [0.15, 0.2) is 42.7 Å².